The van der Waals surface area contributed by atoms with Gasteiger partial charge in [-0.1, -0.05) is 50.6 Å². The summed E-state index contributed by atoms with van der Waals surface area (Å²) >= 11 is 0. The molecule has 0 aromatic heterocycles. The van der Waals surface area contributed by atoms with Crippen LogP contribution in [0.2, 0.25) is 0 Å². The first-order valence-electron chi connectivity index (χ1n) is 7.42. The van der Waals surface area contributed by atoms with Crippen LogP contribution in [0.15, 0.2) is 54.6 Å². The van der Waals surface area contributed by atoms with Crippen molar-refractivity contribution in [3.63, 3.8) is 0 Å². The van der Waals surface area contributed by atoms with Gasteiger partial charge >= 0.3 is 0 Å². The molecular weight excluding hydrogens is 246 g/mol. The summed E-state index contributed by atoms with van der Waals surface area (Å²) < 4.78 is 5.97. The monoisotopic (exact) mass is 269 g/mol. The predicted octanol–water partition coefficient (Wildman–Crippen LogP) is 5.47. The van der Waals surface area contributed by atoms with E-state index in [0.717, 1.165) is 23.6 Å². The molecule has 2 rings (SSSR count). The van der Waals surface area contributed by atoms with Crippen LogP contribution in [0.1, 0.15) is 33.1 Å². The quantitative estimate of drug-likeness (QED) is 0.719. The maximum absolute atomic E-state index is 5.97. The van der Waals surface area contributed by atoms with Crippen molar-refractivity contribution in [1.29, 1.82) is 0 Å². The van der Waals surface area contributed by atoms with Crippen molar-refractivity contribution in [1.82, 2.24) is 0 Å². The van der Waals surface area contributed by atoms with Gasteiger partial charge in [0.15, 0.2) is 5.75 Å². The molecule has 2 aromatic carbocycles. The molecule has 0 heterocycles. The van der Waals surface area contributed by atoms with Crippen molar-refractivity contribution in [3.8, 4) is 11.5 Å². The first kappa shape index (κ1) is 14.4. The third-order valence-electron chi connectivity index (χ3n) is 3.35. The van der Waals surface area contributed by atoms with Gasteiger partial charge in [-0.25, -0.2) is 0 Å². The van der Waals surface area contributed by atoms with E-state index in [1.165, 1.54) is 12.8 Å². The lowest BCUT2D eigenvalue weighted by atomic mass is 10.1. The number of anilines is 1. The lowest BCUT2D eigenvalue weighted by Crippen LogP contribution is -2.18. The zero-order valence-electron chi connectivity index (χ0n) is 12.3. The largest absolute Gasteiger partial charge is 0.455 e. The lowest BCUT2D eigenvalue weighted by molar-refractivity contribution is 0.482. The van der Waals surface area contributed by atoms with Gasteiger partial charge in [-0.15, -0.1) is 0 Å². The van der Waals surface area contributed by atoms with Gasteiger partial charge in [-0.3, -0.25) is 0 Å². The highest BCUT2D eigenvalue weighted by atomic mass is 16.5. The predicted molar refractivity (Wildman–Crippen MR) is 85.6 cm³/mol. The Bertz CT molecular complexity index is 510. The van der Waals surface area contributed by atoms with Crippen LogP contribution in [0.4, 0.5) is 5.69 Å². The topological polar surface area (TPSA) is 21.3 Å². The third-order valence-corrected chi connectivity index (χ3v) is 3.35. The van der Waals surface area contributed by atoms with E-state index < -0.39 is 0 Å². The van der Waals surface area contributed by atoms with E-state index in [-0.39, 0.29) is 0 Å². The fourth-order valence-electron chi connectivity index (χ4n) is 2.24. The second-order valence-corrected chi connectivity index (χ2v) is 4.95. The highest BCUT2D eigenvalue weighted by molar-refractivity contribution is 5.58. The molecule has 20 heavy (non-hydrogen) atoms. The van der Waals surface area contributed by atoms with E-state index in [4.69, 9.17) is 4.74 Å². The first-order chi connectivity index (χ1) is 9.83. The maximum Gasteiger partial charge on any atom is 0.150 e. The molecule has 2 heteroatoms. The molecule has 0 radical (unpaired) electrons. The van der Waals surface area contributed by atoms with Crippen molar-refractivity contribution in [2.45, 2.75) is 39.2 Å². The summed E-state index contributed by atoms with van der Waals surface area (Å²) in [5.74, 6) is 1.75. The number of ether oxygens (including phenoxy) is 1. The lowest BCUT2D eigenvalue weighted by Gasteiger charge is -2.20. The molecule has 1 N–H and O–H groups in total. The van der Waals surface area contributed by atoms with E-state index in [2.05, 4.69) is 25.2 Å². The number of para-hydroxylation sites is 3. The molecule has 1 unspecified atom stereocenters. The summed E-state index contributed by atoms with van der Waals surface area (Å²) in [7, 11) is 0. The zero-order valence-corrected chi connectivity index (χ0v) is 12.3. The Morgan fingerprint density at radius 2 is 1.65 bits per heavy atom. The third kappa shape index (κ3) is 4.02. The molecule has 2 nitrogen and oxygen atoms in total. The van der Waals surface area contributed by atoms with Gasteiger partial charge in [-0.2, -0.15) is 0 Å². The minimum absolute atomic E-state index is 0.500. The van der Waals surface area contributed by atoms with Crippen LogP contribution in [0.5, 0.6) is 11.5 Å². The summed E-state index contributed by atoms with van der Waals surface area (Å²) in [4.78, 5) is 0. The van der Waals surface area contributed by atoms with Crippen LogP contribution < -0.4 is 10.1 Å². The molecule has 1 atom stereocenters. The van der Waals surface area contributed by atoms with E-state index in [1.807, 2.05) is 48.5 Å². The van der Waals surface area contributed by atoms with Gasteiger partial charge in [0.05, 0.1) is 5.69 Å². The second kappa shape index (κ2) is 7.59. The Morgan fingerprint density at radius 3 is 2.35 bits per heavy atom. The number of benzene rings is 2. The molecule has 0 aliphatic carbocycles. The number of hydrogen-bond donors (Lipinski definition) is 1. The van der Waals surface area contributed by atoms with Gasteiger partial charge in [0, 0.05) is 6.04 Å². The van der Waals surface area contributed by atoms with Crippen molar-refractivity contribution >= 4 is 5.69 Å². The van der Waals surface area contributed by atoms with E-state index in [1.54, 1.807) is 0 Å². The van der Waals surface area contributed by atoms with Crippen molar-refractivity contribution < 1.29 is 4.74 Å². The van der Waals surface area contributed by atoms with E-state index in [9.17, 15) is 0 Å². The zero-order chi connectivity index (χ0) is 14.2. The molecule has 0 spiro atoms. The summed E-state index contributed by atoms with van der Waals surface area (Å²) in [5, 5.41) is 3.59. The molecule has 0 aliphatic heterocycles. The van der Waals surface area contributed by atoms with Gasteiger partial charge in [0.1, 0.15) is 5.75 Å². The fraction of sp³-hybridized carbons (Fsp3) is 0.333. The molecule has 0 amide bonds. The van der Waals surface area contributed by atoms with Crippen LogP contribution in [-0.4, -0.2) is 6.04 Å². The summed E-state index contributed by atoms with van der Waals surface area (Å²) in [6.45, 7) is 4.44. The van der Waals surface area contributed by atoms with E-state index in [0.29, 0.717) is 6.04 Å². The molecule has 0 saturated heterocycles. The van der Waals surface area contributed by atoms with Crippen LogP contribution >= 0.6 is 0 Å². The molecule has 2 aromatic rings. The van der Waals surface area contributed by atoms with Crippen LogP contribution in [-0.2, 0) is 0 Å². The van der Waals surface area contributed by atoms with Crippen molar-refractivity contribution in [2.24, 2.45) is 0 Å². The average Bonchev–Trinajstić information content (AvgIpc) is 2.49. The Balaban J connectivity index is 2.13. The minimum Gasteiger partial charge on any atom is -0.455 e. The Labute approximate surface area is 121 Å². The summed E-state index contributed by atoms with van der Waals surface area (Å²) in [5.41, 5.74) is 1.07. The number of nitrogens with one attached hydrogen (secondary N) is 1. The molecular formula is C18H23NO. The smallest absolute Gasteiger partial charge is 0.150 e. The first-order valence-corrected chi connectivity index (χ1v) is 7.42. The number of rotatable bonds is 7. The Morgan fingerprint density at radius 1 is 0.950 bits per heavy atom. The van der Waals surface area contributed by atoms with Crippen LogP contribution in [0.25, 0.3) is 0 Å². The highest BCUT2D eigenvalue weighted by Crippen LogP contribution is 2.30. The second-order valence-electron chi connectivity index (χ2n) is 4.95. The standard InChI is InChI=1S/C18H23NO/c1-3-10-15(4-2)19-17-13-8-9-14-18(17)20-16-11-6-5-7-12-16/h5-9,11-15,19H,3-4,10H2,1-2H3. The minimum atomic E-state index is 0.500. The number of hydrogen-bond acceptors (Lipinski definition) is 2. The molecule has 0 aliphatic rings. The normalized spacial score (nSPS) is 11.9. The molecule has 0 bridgehead atoms. The van der Waals surface area contributed by atoms with Gasteiger partial charge < -0.3 is 10.1 Å². The van der Waals surface area contributed by atoms with Crippen molar-refractivity contribution in [2.75, 3.05) is 5.32 Å². The fourth-order valence-corrected chi connectivity index (χ4v) is 2.24. The molecule has 106 valence electrons. The van der Waals surface area contributed by atoms with Crippen LogP contribution in [0, 0.1) is 0 Å². The molecule has 0 saturated carbocycles. The highest BCUT2D eigenvalue weighted by Gasteiger charge is 2.09. The summed E-state index contributed by atoms with van der Waals surface area (Å²) in [6.07, 6.45) is 3.48. The van der Waals surface area contributed by atoms with Gasteiger partial charge in [-0.05, 0) is 37.1 Å². The van der Waals surface area contributed by atoms with Crippen LogP contribution in [0.3, 0.4) is 0 Å². The SMILES string of the molecule is CCCC(CC)Nc1ccccc1Oc1ccccc1. The Hall–Kier alpha value is -1.96. The Kier molecular flexibility index (Phi) is 5.48. The van der Waals surface area contributed by atoms with Gasteiger partial charge in [0.25, 0.3) is 0 Å². The van der Waals surface area contributed by atoms with Crippen molar-refractivity contribution in [3.05, 3.63) is 54.6 Å². The van der Waals surface area contributed by atoms with E-state index >= 15 is 0 Å². The average molecular weight is 269 g/mol. The van der Waals surface area contributed by atoms with Gasteiger partial charge in [0.2, 0.25) is 0 Å². The maximum atomic E-state index is 5.97. The molecule has 0 fully saturated rings. The summed E-state index contributed by atoms with van der Waals surface area (Å²) in [6, 6.07) is 18.5.